The Hall–Kier alpha value is -1.42. The molecule has 0 saturated carbocycles. The van der Waals surface area contributed by atoms with E-state index in [2.05, 4.69) is 19.2 Å². The van der Waals surface area contributed by atoms with E-state index in [1.807, 2.05) is 30.3 Å². The number of nitrogens with two attached hydrogens (primary N) is 1. The molecule has 1 amide bonds. The van der Waals surface area contributed by atoms with Gasteiger partial charge in [0.15, 0.2) is 0 Å². The van der Waals surface area contributed by atoms with Gasteiger partial charge < -0.3 is 11.1 Å². The van der Waals surface area contributed by atoms with Gasteiger partial charge in [-0.15, -0.1) is 0 Å². The first kappa shape index (κ1) is 15.6. The first-order valence-electron chi connectivity index (χ1n) is 6.72. The smallest absolute Gasteiger partial charge is 0.230 e. The second-order valence-corrected chi connectivity index (χ2v) is 5.14. The molecule has 4 heteroatoms. The van der Waals surface area contributed by atoms with E-state index in [0.717, 1.165) is 18.4 Å². The highest BCUT2D eigenvalue weighted by Gasteiger charge is 2.23. The minimum atomic E-state index is -0.432. The topological polar surface area (TPSA) is 55.1 Å². The number of rotatable bonds is 7. The summed E-state index contributed by atoms with van der Waals surface area (Å²) in [5, 5.41) is 3.01. The SMILES string of the molecule is CCC(CC)NC(=O)C(Cc1ccccc1)C(N)=S. The van der Waals surface area contributed by atoms with Crippen LogP contribution in [0.2, 0.25) is 0 Å². The first-order valence-corrected chi connectivity index (χ1v) is 7.12. The zero-order chi connectivity index (χ0) is 14.3. The molecule has 104 valence electrons. The standard InChI is InChI=1S/C15H22N2OS/c1-3-12(4-2)17-15(18)13(14(16)19)10-11-8-6-5-7-9-11/h5-9,12-13H,3-4,10H2,1-2H3,(H2,16,19)(H,17,18). The van der Waals surface area contributed by atoms with Crippen LogP contribution in [0.5, 0.6) is 0 Å². The van der Waals surface area contributed by atoms with E-state index in [0.29, 0.717) is 6.42 Å². The maximum absolute atomic E-state index is 12.2. The lowest BCUT2D eigenvalue weighted by atomic mass is 9.97. The summed E-state index contributed by atoms with van der Waals surface area (Å²) in [7, 11) is 0. The maximum Gasteiger partial charge on any atom is 0.230 e. The third-order valence-corrected chi connectivity index (χ3v) is 3.56. The molecule has 1 rings (SSSR count). The zero-order valence-corrected chi connectivity index (χ0v) is 12.4. The number of amides is 1. The molecule has 0 spiro atoms. The lowest BCUT2D eigenvalue weighted by Crippen LogP contribution is -2.43. The van der Waals surface area contributed by atoms with E-state index in [1.165, 1.54) is 0 Å². The van der Waals surface area contributed by atoms with E-state index in [4.69, 9.17) is 18.0 Å². The van der Waals surface area contributed by atoms with Crippen molar-refractivity contribution >= 4 is 23.1 Å². The van der Waals surface area contributed by atoms with Gasteiger partial charge in [-0.05, 0) is 24.8 Å². The van der Waals surface area contributed by atoms with Gasteiger partial charge in [0.1, 0.15) is 0 Å². The van der Waals surface area contributed by atoms with Gasteiger partial charge in [0.2, 0.25) is 5.91 Å². The second-order valence-electron chi connectivity index (χ2n) is 4.67. The molecule has 0 aliphatic rings. The Kier molecular flexibility index (Phi) is 6.50. The molecule has 3 N–H and O–H groups in total. The molecule has 0 heterocycles. The Balaban J connectivity index is 2.72. The van der Waals surface area contributed by atoms with Crippen molar-refractivity contribution < 1.29 is 4.79 Å². The summed E-state index contributed by atoms with van der Waals surface area (Å²) in [6.07, 6.45) is 2.39. The van der Waals surface area contributed by atoms with Gasteiger partial charge in [-0.3, -0.25) is 4.79 Å². The summed E-state index contributed by atoms with van der Waals surface area (Å²) in [4.78, 5) is 12.5. The molecule has 1 unspecified atom stereocenters. The number of hydrogen-bond acceptors (Lipinski definition) is 2. The van der Waals surface area contributed by atoms with Crippen LogP contribution in [0.15, 0.2) is 30.3 Å². The van der Waals surface area contributed by atoms with Crippen molar-refractivity contribution in [3.8, 4) is 0 Å². The lowest BCUT2D eigenvalue weighted by molar-refractivity contribution is -0.123. The number of hydrogen-bond donors (Lipinski definition) is 2. The van der Waals surface area contributed by atoms with Gasteiger partial charge in [-0.25, -0.2) is 0 Å². The summed E-state index contributed by atoms with van der Waals surface area (Å²) in [6, 6.07) is 10.0. The average molecular weight is 278 g/mol. The van der Waals surface area contributed by atoms with E-state index < -0.39 is 5.92 Å². The van der Waals surface area contributed by atoms with Gasteiger partial charge >= 0.3 is 0 Å². The highest BCUT2D eigenvalue weighted by atomic mass is 32.1. The van der Waals surface area contributed by atoms with Crippen LogP contribution in [0.25, 0.3) is 0 Å². The molecule has 0 aliphatic heterocycles. The van der Waals surface area contributed by atoms with Gasteiger partial charge in [0.05, 0.1) is 10.9 Å². The van der Waals surface area contributed by atoms with Crippen LogP contribution in [0.4, 0.5) is 0 Å². The Morgan fingerprint density at radius 1 is 1.26 bits per heavy atom. The predicted octanol–water partition coefficient (Wildman–Crippen LogP) is 2.44. The molecule has 1 atom stereocenters. The zero-order valence-electron chi connectivity index (χ0n) is 11.6. The first-order chi connectivity index (χ1) is 9.08. The monoisotopic (exact) mass is 278 g/mol. The molecule has 0 saturated heterocycles. The highest BCUT2D eigenvalue weighted by molar-refractivity contribution is 7.80. The number of benzene rings is 1. The summed E-state index contributed by atoms with van der Waals surface area (Å²) in [5.74, 6) is -0.497. The highest BCUT2D eigenvalue weighted by Crippen LogP contribution is 2.11. The quantitative estimate of drug-likeness (QED) is 0.753. The summed E-state index contributed by atoms with van der Waals surface area (Å²) in [6.45, 7) is 4.11. The summed E-state index contributed by atoms with van der Waals surface area (Å²) < 4.78 is 0. The number of carbonyl (C=O) groups excluding carboxylic acids is 1. The molecule has 19 heavy (non-hydrogen) atoms. The van der Waals surface area contributed by atoms with Gasteiger partial charge in [-0.1, -0.05) is 56.4 Å². The van der Waals surface area contributed by atoms with Crippen molar-refractivity contribution in [3.05, 3.63) is 35.9 Å². The van der Waals surface area contributed by atoms with Crippen molar-refractivity contribution in [2.75, 3.05) is 0 Å². The van der Waals surface area contributed by atoms with Crippen LogP contribution in [-0.4, -0.2) is 16.9 Å². The molecular weight excluding hydrogens is 256 g/mol. The Morgan fingerprint density at radius 3 is 2.32 bits per heavy atom. The van der Waals surface area contributed by atoms with E-state index in [9.17, 15) is 4.79 Å². The molecule has 0 aromatic heterocycles. The lowest BCUT2D eigenvalue weighted by Gasteiger charge is -2.20. The van der Waals surface area contributed by atoms with Crippen LogP contribution in [0.1, 0.15) is 32.3 Å². The third kappa shape index (κ3) is 4.99. The maximum atomic E-state index is 12.2. The van der Waals surface area contributed by atoms with Crippen molar-refractivity contribution in [1.29, 1.82) is 0 Å². The molecule has 0 radical (unpaired) electrons. The van der Waals surface area contributed by atoms with Crippen LogP contribution in [0, 0.1) is 5.92 Å². The molecule has 1 aromatic carbocycles. The Labute approximate surface area is 120 Å². The van der Waals surface area contributed by atoms with Crippen LogP contribution >= 0.6 is 12.2 Å². The average Bonchev–Trinajstić information content (AvgIpc) is 2.42. The molecule has 3 nitrogen and oxygen atoms in total. The minimum Gasteiger partial charge on any atom is -0.393 e. The van der Waals surface area contributed by atoms with Crippen molar-refractivity contribution in [1.82, 2.24) is 5.32 Å². The largest absolute Gasteiger partial charge is 0.393 e. The van der Waals surface area contributed by atoms with E-state index in [1.54, 1.807) is 0 Å². The van der Waals surface area contributed by atoms with Gasteiger partial charge in [0.25, 0.3) is 0 Å². The summed E-state index contributed by atoms with van der Waals surface area (Å²) in [5.41, 5.74) is 6.78. The fourth-order valence-corrected chi connectivity index (χ4v) is 2.16. The molecular formula is C15H22N2OS. The Morgan fingerprint density at radius 2 is 1.84 bits per heavy atom. The molecule has 0 aliphatic carbocycles. The second kappa shape index (κ2) is 7.89. The number of carbonyl (C=O) groups is 1. The third-order valence-electron chi connectivity index (χ3n) is 3.27. The fourth-order valence-electron chi connectivity index (χ4n) is 1.97. The van der Waals surface area contributed by atoms with Crippen molar-refractivity contribution in [2.45, 2.75) is 39.2 Å². The van der Waals surface area contributed by atoms with Crippen LogP contribution < -0.4 is 11.1 Å². The van der Waals surface area contributed by atoms with Crippen LogP contribution in [-0.2, 0) is 11.2 Å². The summed E-state index contributed by atoms with van der Waals surface area (Å²) >= 11 is 5.03. The van der Waals surface area contributed by atoms with Crippen LogP contribution in [0.3, 0.4) is 0 Å². The molecule has 0 bridgehead atoms. The van der Waals surface area contributed by atoms with Gasteiger partial charge in [-0.2, -0.15) is 0 Å². The minimum absolute atomic E-state index is 0.0648. The van der Waals surface area contributed by atoms with Crippen molar-refractivity contribution in [2.24, 2.45) is 11.7 Å². The van der Waals surface area contributed by atoms with Gasteiger partial charge in [0, 0.05) is 6.04 Å². The van der Waals surface area contributed by atoms with E-state index >= 15 is 0 Å². The number of thiocarbonyl (C=S) groups is 1. The Bertz CT molecular complexity index is 415. The fraction of sp³-hybridized carbons (Fsp3) is 0.467. The number of nitrogens with one attached hydrogen (secondary N) is 1. The van der Waals surface area contributed by atoms with Crippen molar-refractivity contribution in [3.63, 3.8) is 0 Å². The predicted molar refractivity (Wildman–Crippen MR) is 82.9 cm³/mol. The molecule has 0 fully saturated rings. The van der Waals surface area contributed by atoms with E-state index in [-0.39, 0.29) is 16.9 Å². The normalized spacial score (nSPS) is 12.2. The molecule has 1 aromatic rings.